The minimum Gasteiger partial charge on any atom is -0.467 e. The van der Waals surface area contributed by atoms with E-state index in [2.05, 4.69) is 5.32 Å². The summed E-state index contributed by atoms with van der Waals surface area (Å²) < 4.78 is 4.72. The van der Waals surface area contributed by atoms with E-state index in [9.17, 15) is 9.59 Å². The second kappa shape index (κ2) is 7.14. The zero-order chi connectivity index (χ0) is 14.4. The minimum absolute atomic E-state index is 0.0149. The number of nitrogens with one attached hydrogen (secondary N) is 1. The molecule has 0 aliphatic rings. The Morgan fingerprint density at radius 2 is 2.00 bits per heavy atom. The minimum atomic E-state index is -0.668. The molecular weight excluding hydrogens is 266 g/mol. The Morgan fingerprint density at radius 3 is 2.53 bits per heavy atom. The SMILES string of the molecule is CC[C@H](C)[C@H](NC(=O)c1ccccc1Cl)C(=O)OC. The van der Waals surface area contributed by atoms with Crippen LogP contribution in [0.2, 0.25) is 5.02 Å². The van der Waals surface area contributed by atoms with Gasteiger partial charge in [-0.3, -0.25) is 4.79 Å². The number of rotatable bonds is 5. The van der Waals surface area contributed by atoms with Crippen LogP contribution in [0.5, 0.6) is 0 Å². The van der Waals surface area contributed by atoms with E-state index in [1.165, 1.54) is 7.11 Å². The normalized spacial score (nSPS) is 13.5. The van der Waals surface area contributed by atoms with Gasteiger partial charge >= 0.3 is 5.97 Å². The van der Waals surface area contributed by atoms with Crippen molar-refractivity contribution in [3.63, 3.8) is 0 Å². The summed E-state index contributed by atoms with van der Waals surface area (Å²) in [5, 5.41) is 3.03. The lowest BCUT2D eigenvalue weighted by Crippen LogP contribution is -2.45. The molecule has 0 radical (unpaired) electrons. The van der Waals surface area contributed by atoms with E-state index in [-0.39, 0.29) is 11.8 Å². The van der Waals surface area contributed by atoms with Crippen LogP contribution in [0.15, 0.2) is 24.3 Å². The molecule has 5 heteroatoms. The van der Waals surface area contributed by atoms with Crippen LogP contribution < -0.4 is 5.32 Å². The molecule has 4 nitrogen and oxygen atoms in total. The van der Waals surface area contributed by atoms with Gasteiger partial charge in [-0.25, -0.2) is 4.79 Å². The molecule has 0 aromatic heterocycles. The molecule has 1 rings (SSSR count). The van der Waals surface area contributed by atoms with E-state index in [1.807, 2.05) is 13.8 Å². The van der Waals surface area contributed by atoms with Crippen LogP contribution in [0, 0.1) is 5.92 Å². The average molecular weight is 284 g/mol. The second-order valence-corrected chi connectivity index (χ2v) is 4.75. The van der Waals surface area contributed by atoms with Crippen molar-refractivity contribution in [2.24, 2.45) is 5.92 Å². The lowest BCUT2D eigenvalue weighted by molar-refractivity contribution is -0.144. The van der Waals surface area contributed by atoms with Gasteiger partial charge in [-0.05, 0) is 18.1 Å². The lowest BCUT2D eigenvalue weighted by Gasteiger charge is -2.22. The van der Waals surface area contributed by atoms with Crippen LogP contribution in [-0.4, -0.2) is 25.0 Å². The van der Waals surface area contributed by atoms with Crippen LogP contribution in [0.25, 0.3) is 0 Å². The van der Waals surface area contributed by atoms with Crippen molar-refractivity contribution in [2.45, 2.75) is 26.3 Å². The highest BCUT2D eigenvalue weighted by atomic mass is 35.5. The number of hydrogen-bond donors (Lipinski definition) is 1. The number of carbonyl (C=O) groups excluding carboxylic acids is 2. The molecule has 104 valence electrons. The monoisotopic (exact) mass is 283 g/mol. The van der Waals surface area contributed by atoms with E-state index in [4.69, 9.17) is 16.3 Å². The van der Waals surface area contributed by atoms with Gasteiger partial charge in [-0.15, -0.1) is 0 Å². The number of carbonyl (C=O) groups is 2. The van der Waals surface area contributed by atoms with Crippen molar-refractivity contribution in [3.05, 3.63) is 34.9 Å². The van der Waals surface area contributed by atoms with Crippen molar-refractivity contribution in [3.8, 4) is 0 Å². The third-order valence-corrected chi connectivity index (χ3v) is 3.40. The van der Waals surface area contributed by atoms with Crippen molar-refractivity contribution in [1.82, 2.24) is 5.32 Å². The molecule has 0 unspecified atom stereocenters. The summed E-state index contributed by atoms with van der Waals surface area (Å²) in [6, 6.07) is 6.04. The molecule has 2 atom stereocenters. The Hall–Kier alpha value is -1.55. The second-order valence-electron chi connectivity index (χ2n) is 4.34. The highest BCUT2D eigenvalue weighted by molar-refractivity contribution is 6.33. The van der Waals surface area contributed by atoms with Gasteiger partial charge < -0.3 is 10.1 Å². The van der Waals surface area contributed by atoms with Gasteiger partial charge in [0.1, 0.15) is 6.04 Å². The molecule has 0 heterocycles. The van der Waals surface area contributed by atoms with Crippen LogP contribution >= 0.6 is 11.6 Å². The Morgan fingerprint density at radius 1 is 1.37 bits per heavy atom. The zero-order valence-corrected chi connectivity index (χ0v) is 12.0. The first-order valence-electron chi connectivity index (χ1n) is 6.14. The molecule has 1 amide bonds. The molecule has 0 bridgehead atoms. The first kappa shape index (κ1) is 15.5. The maximum atomic E-state index is 12.1. The van der Waals surface area contributed by atoms with E-state index < -0.39 is 12.0 Å². The molecule has 0 saturated heterocycles. The van der Waals surface area contributed by atoms with Crippen molar-refractivity contribution < 1.29 is 14.3 Å². The third kappa shape index (κ3) is 3.96. The quantitative estimate of drug-likeness (QED) is 0.845. The summed E-state index contributed by atoms with van der Waals surface area (Å²) in [5.41, 5.74) is 0.348. The molecule has 1 aromatic rings. The van der Waals surface area contributed by atoms with Gasteiger partial charge in [0.15, 0.2) is 0 Å². The highest BCUT2D eigenvalue weighted by Crippen LogP contribution is 2.16. The number of hydrogen-bond acceptors (Lipinski definition) is 3. The fourth-order valence-corrected chi connectivity index (χ4v) is 1.88. The first-order chi connectivity index (χ1) is 9.01. The highest BCUT2D eigenvalue weighted by Gasteiger charge is 2.27. The number of benzene rings is 1. The Labute approximate surface area is 118 Å². The molecule has 19 heavy (non-hydrogen) atoms. The molecule has 0 aliphatic carbocycles. The Kier molecular flexibility index (Phi) is 5.83. The predicted octanol–water partition coefficient (Wildman–Crippen LogP) is 2.66. The van der Waals surface area contributed by atoms with Crippen LogP contribution in [0.1, 0.15) is 30.6 Å². The smallest absolute Gasteiger partial charge is 0.328 e. The van der Waals surface area contributed by atoms with E-state index in [0.717, 1.165) is 6.42 Å². The number of halogens is 1. The van der Waals surface area contributed by atoms with Crippen LogP contribution in [-0.2, 0) is 9.53 Å². The zero-order valence-electron chi connectivity index (χ0n) is 11.3. The first-order valence-corrected chi connectivity index (χ1v) is 6.52. The Balaban J connectivity index is 2.88. The number of esters is 1. The van der Waals surface area contributed by atoms with Gasteiger partial charge in [0.2, 0.25) is 0 Å². The fourth-order valence-electron chi connectivity index (χ4n) is 1.66. The van der Waals surface area contributed by atoms with Crippen LogP contribution in [0.4, 0.5) is 0 Å². The Bertz CT molecular complexity index is 462. The molecular formula is C14H18ClNO3. The summed E-state index contributed by atoms with van der Waals surface area (Å²) in [5.74, 6) is -0.838. The molecule has 1 N–H and O–H groups in total. The molecule has 0 aliphatic heterocycles. The van der Waals surface area contributed by atoms with E-state index in [0.29, 0.717) is 10.6 Å². The van der Waals surface area contributed by atoms with Gasteiger partial charge in [-0.2, -0.15) is 0 Å². The molecule has 1 aromatic carbocycles. The average Bonchev–Trinajstić information content (AvgIpc) is 2.43. The number of methoxy groups -OCH3 is 1. The maximum Gasteiger partial charge on any atom is 0.328 e. The predicted molar refractivity (Wildman–Crippen MR) is 74.2 cm³/mol. The van der Waals surface area contributed by atoms with Crippen LogP contribution in [0.3, 0.4) is 0 Å². The van der Waals surface area contributed by atoms with Gasteiger partial charge in [-0.1, -0.05) is 44.0 Å². The van der Waals surface area contributed by atoms with Crippen molar-refractivity contribution in [2.75, 3.05) is 7.11 Å². The van der Waals surface area contributed by atoms with Gasteiger partial charge in [0.05, 0.1) is 17.7 Å². The lowest BCUT2D eigenvalue weighted by atomic mass is 9.99. The maximum absolute atomic E-state index is 12.1. The van der Waals surface area contributed by atoms with E-state index >= 15 is 0 Å². The number of amides is 1. The summed E-state index contributed by atoms with van der Waals surface area (Å²) in [6.07, 6.45) is 0.753. The summed E-state index contributed by atoms with van der Waals surface area (Å²) in [4.78, 5) is 23.8. The van der Waals surface area contributed by atoms with Crippen molar-refractivity contribution in [1.29, 1.82) is 0 Å². The summed E-state index contributed by atoms with van der Waals surface area (Å²) in [6.45, 7) is 3.83. The van der Waals surface area contributed by atoms with Gasteiger partial charge in [0.25, 0.3) is 5.91 Å². The largest absolute Gasteiger partial charge is 0.467 e. The topological polar surface area (TPSA) is 55.4 Å². The molecule has 0 fully saturated rings. The molecule has 0 spiro atoms. The van der Waals surface area contributed by atoms with Gasteiger partial charge in [0, 0.05) is 0 Å². The van der Waals surface area contributed by atoms with E-state index in [1.54, 1.807) is 24.3 Å². The third-order valence-electron chi connectivity index (χ3n) is 3.07. The van der Waals surface area contributed by atoms with Crippen molar-refractivity contribution >= 4 is 23.5 Å². The summed E-state index contributed by atoms with van der Waals surface area (Å²) >= 11 is 5.95. The standard InChI is InChI=1S/C14H18ClNO3/c1-4-9(2)12(14(18)19-3)16-13(17)10-7-5-6-8-11(10)15/h5-9,12H,4H2,1-3H3,(H,16,17)/t9-,12-/m0/s1. The molecule has 0 saturated carbocycles. The summed E-state index contributed by atoms with van der Waals surface area (Å²) in [7, 11) is 1.30. The number of ether oxygens (including phenoxy) is 1. The fraction of sp³-hybridized carbons (Fsp3) is 0.429.